The molecule has 0 amide bonds. The van der Waals surface area contributed by atoms with Crippen molar-refractivity contribution in [2.75, 3.05) is 0 Å². The zero-order valence-corrected chi connectivity index (χ0v) is 10.9. The summed E-state index contributed by atoms with van der Waals surface area (Å²) in [5.74, 6) is -2.29. The van der Waals surface area contributed by atoms with E-state index >= 15 is 0 Å². The minimum atomic E-state index is -4.62. The van der Waals surface area contributed by atoms with Gasteiger partial charge >= 0.3 is 0 Å². The summed E-state index contributed by atoms with van der Waals surface area (Å²) in [6.45, 7) is 0. The number of benzene rings is 1. The predicted molar refractivity (Wildman–Crippen MR) is 69.9 cm³/mol. The highest BCUT2D eigenvalue weighted by atomic mass is 32.2. The first-order chi connectivity index (χ1) is 9.94. The van der Waals surface area contributed by atoms with Crippen LogP contribution in [0.5, 0.6) is 0 Å². The summed E-state index contributed by atoms with van der Waals surface area (Å²) in [5.41, 5.74) is 15.5. The Kier molecular flexibility index (Phi) is 3.47. The molecule has 0 saturated carbocycles. The van der Waals surface area contributed by atoms with Gasteiger partial charge in [-0.15, -0.1) is 0 Å². The number of nitrogens with zero attached hydrogens (tertiary/aromatic N) is 6. The zero-order valence-electron chi connectivity index (χ0n) is 10.0. The van der Waals surface area contributed by atoms with Gasteiger partial charge in [-0.3, -0.25) is 9.59 Å². The minimum absolute atomic E-state index is 0.156. The van der Waals surface area contributed by atoms with Gasteiger partial charge in [-0.25, -0.2) is 8.42 Å². The van der Waals surface area contributed by atoms with Gasteiger partial charge in [0, 0.05) is 25.5 Å². The second kappa shape index (κ2) is 5.10. The molecule has 0 N–H and O–H groups in total. The fourth-order valence-electron chi connectivity index (χ4n) is 1.83. The summed E-state index contributed by atoms with van der Waals surface area (Å²) >= 11 is 0. The minimum Gasteiger partial charge on any atom is -0.285 e. The molecule has 0 bridgehead atoms. The Morgan fingerprint density at radius 3 is 2.14 bits per heavy atom. The molecule has 2 rings (SSSR count). The van der Waals surface area contributed by atoms with Gasteiger partial charge in [0.2, 0.25) is 11.6 Å². The van der Waals surface area contributed by atoms with Gasteiger partial charge < -0.3 is 0 Å². The van der Waals surface area contributed by atoms with Crippen LogP contribution in [-0.2, 0) is 14.8 Å². The quantitative estimate of drug-likeness (QED) is 0.361. The van der Waals surface area contributed by atoms with E-state index in [0.717, 1.165) is 0 Å². The van der Waals surface area contributed by atoms with Crippen LogP contribution in [0.1, 0.15) is 15.9 Å². The largest absolute Gasteiger partial charge is 0.285 e. The van der Waals surface area contributed by atoms with E-state index in [1.165, 1.54) is 24.3 Å². The number of allylic oxidation sites excluding steroid dienone is 1. The van der Waals surface area contributed by atoms with Gasteiger partial charge in [0.1, 0.15) is 5.70 Å². The van der Waals surface area contributed by atoms with E-state index in [1.54, 1.807) is 0 Å². The van der Waals surface area contributed by atoms with Crippen LogP contribution in [0.4, 0.5) is 0 Å². The van der Waals surface area contributed by atoms with E-state index in [4.69, 9.17) is 11.1 Å². The monoisotopic (exact) mass is 304 g/mol. The molecular weight excluding hydrogens is 300 g/mol. The molecule has 10 nitrogen and oxygen atoms in total. The molecule has 1 aliphatic carbocycles. The number of carbonyl (C=O) groups is 2. The van der Waals surface area contributed by atoms with Crippen molar-refractivity contribution in [2.45, 2.75) is 0 Å². The standard InChI is InChI=1S/C10H4N6O4S/c11-14-13-7-9(18)8(17)5-3-1-2-4-6(5)10(7)21(19,20)16-15-12/h1-4H. The average Bonchev–Trinajstić information content (AvgIpc) is 2.44. The lowest BCUT2D eigenvalue weighted by Crippen LogP contribution is -2.25. The van der Waals surface area contributed by atoms with E-state index in [-0.39, 0.29) is 11.1 Å². The highest BCUT2D eigenvalue weighted by Crippen LogP contribution is 2.35. The van der Waals surface area contributed by atoms with Gasteiger partial charge in [0.15, 0.2) is 0 Å². The maximum atomic E-state index is 12.0. The first kappa shape index (κ1) is 14.3. The molecule has 0 radical (unpaired) electrons. The molecule has 0 heterocycles. The molecule has 0 aliphatic heterocycles. The Bertz CT molecular complexity index is 903. The van der Waals surface area contributed by atoms with Crippen molar-refractivity contribution in [2.24, 2.45) is 9.63 Å². The third-order valence-corrected chi connectivity index (χ3v) is 3.82. The van der Waals surface area contributed by atoms with Crippen LogP contribution < -0.4 is 0 Å². The van der Waals surface area contributed by atoms with Crippen LogP contribution in [0.2, 0.25) is 0 Å². The van der Waals surface area contributed by atoms with Crippen LogP contribution >= 0.6 is 0 Å². The highest BCUT2D eigenvalue weighted by molar-refractivity contribution is 7.99. The van der Waals surface area contributed by atoms with E-state index in [2.05, 4.69) is 19.5 Å². The topological polar surface area (TPSA) is 166 Å². The third-order valence-electron chi connectivity index (χ3n) is 2.60. The summed E-state index contributed by atoms with van der Waals surface area (Å²) in [7, 11) is -4.62. The van der Waals surface area contributed by atoms with Crippen molar-refractivity contribution >= 4 is 26.5 Å². The fourth-order valence-corrected chi connectivity index (χ4v) is 2.84. The van der Waals surface area contributed by atoms with E-state index in [0.29, 0.717) is 0 Å². The number of Topliss-reactive ketones (excluding diaryl/α,β-unsaturated/α-hetero) is 2. The number of rotatable bonds is 3. The fraction of sp³-hybridized carbons (Fsp3) is 0. The Labute approximate surface area is 117 Å². The van der Waals surface area contributed by atoms with Crippen LogP contribution in [0, 0.1) is 0 Å². The predicted octanol–water partition coefficient (Wildman–Crippen LogP) is 2.07. The van der Waals surface area contributed by atoms with Crippen molar-refractivity contribution in [1.29, 1.82) is 0 Å². The van der Waals surface area contributed by atoms with Gasteiger partial charge in [-0.2, -0.15) is 0 Å². The summed E-state index contributed by atoms with van der Waals surface area (Å²) in [5, 5.41) is 2.97. The van der Waals surface area contributed by atoms with Crippen molar-refractivity contribution in [1.82, 2.24) is 0 Å². The molecule has 11 heteroatoms. The Morgan fingerprint density at radius 2 is 1.57 bits per heavy atom. The van der Waals surface area contributed by atoms with Crippen molar-refractivity contribution in [3.05, 3.63) is 62.0 Å². The second-order valence-corrected chi connectivity index (χ2v) is 5.24. The molecule has 1 aromatic rings. The number of carbonyl (C=O) groups excluding carboxylic acids is 2. The second-order valence-electron chi connectivity index (χ2n) is 3.72. The molecule has 0 atom stereocenters. The summed E-state index contributed by atoms with van der Waals surface area (Å²) < 4.78 is 26.5. The summed E-state index contributed by atoms with van der Waals surface area (Å²) in [6.07, 6.45) is 0. The Hall–Kier alpha value is -3.13. The first-order valence-electron chi connectivity index (χ1n) is 5.23. The average molecular weight is 304 g/mol. The number of azide groups is 2. The molecular formula is C10H4N6O4S. The molecule has 1 aromatic carbocycles. The maximum Gasteiger partial charge on any atom is 0.265 e. The van der Waals surface area contributed by atoms with Gasteiger partial charge in [-0.05, 0) is 11.1 Å². The van der Waals surface area contributed by atoms with E-state index in [9.17, 15) is 18.0 Å². The molecule has 104 valence electrons. The van der Waals surface area contributed by atoms with Crippen LogP contribution in [0.15, 0.2) is 39.6 Å². The van der Waals surface area contributed by atoms with Gasteiger partial charge in [0.05, 0.1) is 4.91 Å². The maximum absolute atomic E-state index is 12.0. The number of hydrogen-bond acceptors (Lipinski definition) is 5. The highest BCUT2D eigenvalue weighted by Gasteiger charge is 2.37. The number of hydrogen-bond donors (Lipinski definition) is 0. The molecule has 0 aromatic heterocycles. The molecule has 0 saturated heterocycles. The SMILES string of the molecule is [N-]=[N+]=NC1=C(S(=O)(=O)N=[N+]=[N-])c2ccccc2C(=O)C1=O. The number of fused-ring (bicyclic) bond motifs is 1. The third kappa shape index (κ3) is 2.23. The molecule has 0 fully saturated rings. The summed E-state index contributed by atoms with van der Waals surface area (Å²) in [6, 6.07) is 5.34. The summed E-state index contributed by atoms with van der Waals surface area (Å²) in [4.78, 5) is 27.5. The van der Waals surface area contributed by atoms with Crippen LogP contribution in [-0.4, -0.2) is 20.0 Å². The van der Waals surface area contributed by atoms with Crippen molar-refractivity contribution < 1.29 is 18.0 Å². The van der Waals surface area contributed by atoms with Crippen molar-refractivity contribution in [3.8, 4) is 0 Å². The van der Waals surface area contributed by atoms with E-state index < -0.39 is 32.2 Å². The van der Waals surface area contributed by atoms with Gasteiger partial charge in [0.25, 0.3) is 10.0 Å². The van der Waals surface area contributed by atoms with Crippen molar-refractivity contribution in [3.63, 3.8) is 0 Å². The van der Waals surface area contributed by atoms with Gasteiger partial charge in [-0.1, -0.05) is 29.4 Å². The lowest BCUT2D eigenvalue weighted by atomic mass is 9.93. The number of ketones is 2. The molecule has 21 heavy (non-hydrogen) atoms. The zero-order chi connectivity index (χ0) is 15.6. The first-order valence-corrected chi connectivity index (χ1v) is 6.67. The smallest absolute Gasteiger partial charge is 0.265 e. The molecule has 0 spiro atoms. The molecule has 0 unspecified atom stereocenters. The number of sulfonamides is 1. The lowest BCUT2D eigenvalue weighted by molar-refractivity contribution is -0.111. The van der Waals surface area contributed by atoms with Crippen LogP contribution in [0.25, 0.3) is 25.8 Å². The van der Waals surface area contributed by atoms with E-state index in [1.807, 2.05) is 0 Å². The normalized spacial score (nSPS) is 14.1. The van der Waals surface area contributed by atoms with Crippen LogP contribution in [0.3, 0.4) is 0 Å². The Balaban J connectivity index is 3.00. The Morgan fingerprint density at radius 1 is 0.952 bits per heavy atom. The lowest BCUT2D eigenvalue weighted by Gasteiger charge is -2.17. The molecule has 1 aliphatic rings.